The van der Waals surface area contributed by atoms with Crippen molar-refractivity contribution in [2.75, 3.05) is 0 Å². The topological polar surface area (TPSA) is 37.5 Å². The van der Waals surface area contributed by atoms with E-state index >= 15 is 0 Å². The summed E-state index contributed by atoms with van der Waals surface area (Å²) in [7, 11) is 0. The van der Waals surface area contributed by atoms with E-state index in [0.29, 0.717) is 11.8 Å². The van der Waals surface area contributed by atoms with Gasteiger partial charge in [0.1, 0.15) is 17.1 Å². The van der Waals surface area contributed by atoms with Gasteiger partial charge in [-0.05, 0) is 85.5 Å². The molecule has 0 fully saturated rings. The van der Waals surface area contributed by atoms with Gasteiger partial charge in [0.15, 0.2) is 5.42 Å². The third kappa shape index (κ3) is 5.15. The second-order valence-electron chi connectivity index (χ2n) is 15.9. The lowest BCUT2D eigenvalue weighted by atomic mass is 9.69. The second kappa shape index (κ2) is 12.7. The summed E-state index contributed by atoms with van der Waals surface area (Å²) in [6.07, 6.45) is 11.5. The minimum Gasteiger partial charge on any atom is -0.452 e. The zero-order valence-electron chi connectivity index (χ0n) is 31.4. The van der Waals surface area contributed by atoms with E-state index in [0.717, 1.165) is 38.6 Å². The average molecular weight is 721 g/mol. The van der Waals surface area contributed by atoms with Crippen molar-refractivity contribution >= 4 is 27.8 Å². The Balaban J connectivity index is 0.963. The van der Waals surface area contributed by atoms with Gasteiger partial charge in [0.05, 0.1) is 5.70 Å². The summed E-state index contributed by atoms with van der Waals surface area (Å²) in [4.78, 5) is 5.13. The van der Waals surface area contributed by atoms with E-state index in [2.05, 4.69) is 177 Å². The fourth-order valence-electron chi connectivity index (χ4n) is 9.44. The Bertz CT molecular complexity index is 2960. The predicted molar refractivity (Wildman–Crippen MR) is 229 cm³/mol. The molecule has 3 atom stereocenters. The van der Waals surface area contributed by atoms with Crippen LogP contribution in [0.15, 0.2) is 197 Å². The van der Waals surface area contributed by atoms with Crippen LogP contribution < -0.4 is 16.1 Å². The Labute approximate surface area is 327 Å². The van der Waals surface area contributed by atoms with Gasteiger partial charge >= 0.3 is 0 Å². The number of nitrogens with zero attached hydrogens (tertiary/aromatic N) is 1. The van der Waals surface area contributed by atoms with Gasteiger partial charge in [0.2, 0.25) is 0 Å². The summed E-state index contributed by atoms with van der Waals surface area (Å²) in [5.74, 6) is 0.692. The van der Waals surface area contributed by atoms with Crippen molar-refractivity contribution in [3.63, 3.8) is 0 Å². The van der Waals surface area contributed by atoms with Gasteiger partial charge in [-0.2, -0.15) is 0 Å². The molecule has 7 aromatic rings. The molecular weight excluding hydrogens is 681 g/mol. The quantitative estimate of drug-likeness (QED) is 0.192. The molecule has 1 aromatic heterocycles. The Morgan fingerprint density at radius 2 is 1.27 bits per heavy atom. The average Bonchev–Trinajstić information content (AvgIpc) is 3.74. The number of benzene rings is 6. The van der Waals surface area contributed by atoms with Gasteiger partial charge in [-0.15, -0.1) is 0 Å². The summed E-state index contributed by atoms with van der Waals surface area (Å²) in [5, 5.41) is 5.63. The second-order valence-corrected chi connectivity index (χ2v) is 15.9. The van der Waals surface area contributed by atoms with Crippen LogP contribution in [0.2, 0.25) is 0 Å². The highest BCUT2D eigenvalue weighted by atomic mass is 16.3. The Morgan fingerprint density at radius 1 is 0.607 bits per heavy atom. The fraction of sp³-hybridized carbons (Fsp3) is 0.113. The number of nitrogens with one attached hydrogen (secondary N) is 1. The third-order valence-corrected chi connectivity index (χ3v) is 12.3. The normalized spacial score (nSPS) is 20.1. The van der Waals surface area contributed by atoms with Crippen LogP contribution in [-0.2, 0) is 5.41 Å². The summed E-state index contributed by atoms with van der Waals surface area (Å²) < 4.78 is 6.45. The lowest BCUT2D eigenvalue weighted by Gasteiger charge is -2.34. The maximum absolute atomic E-state index is 6.45. The minimum absolute atomic E-state index is 0.120. The van der Waals surface area contributed by atoms with Gasteiger partial charge in [-0.25, -0.2) is 0 Å². The van der Waals surface area contributed by atoms with E-state index in [1.807, 2.05) is 24.3 Å². The van der Waals surface area contributed by atoms with Crippen molar-refractivity contribution in [1.29, 1.82) is 0 Å². The molecule has 0 spiro atoms. The summed E-state index contributed by atoms with van der Waals surface area (Å²) in [6, 6.07) is 54.5. The van der Waals surface area contributed by atoms with Crippen LogP contribution in [0, 0.1) is 11.8 Å². The molecule has 268 valence electrons. The molecule has 1 aliphatic heterocycles. The molecule has 0 radical (unpaired) electrons. The van der Waals surface area contributed by atoms with E-state index in [4.69, 9.17) is 9.41 Å². The molecule has 0 amide bonds. The van der Waals surface area contributed by atoms with Crippen LogP contribution in [0.25, 0.3) is 50.1 Å². The molecule has 11 rings (SSSR count). The van der Waals surface area contributed by atoms with E-state index in [1.54, 1.807) is 0 Å². The van der Waals surface area contributed by atoms with Crippen molar-refractivity contribution < 1.29 is 4.42 Å². The highest BCUT2D eigenvalue weighted by molar-refractivity contribution is 6.06. The van der Waals surface area contributed by atoms with E-state index in [9.17, 15) is 0 Å². The summed E-state index contributed by atoms with van der Waals surface area (Å²) >= 11 is 0. The molecular formula is C53H40N2O. The fourth-order valence-corrected chi connectivity index (χ4v) is 9.44. The van der Waals surface area contributed by atoms with Gasteiger partial charge < -0.3 is 9.73 Å². The first-order chi connectivity index (χ1) is 27.5. The largest absolute Gasteiger partial charge is 0.452 e. The molecule has 3 unspecified atom stereocenters. The van der Waals surface area contributed by atoms with Crippen molar-refractivity contribution in [2.24, 2.45) is 16.8 Å². The summed E-state index contributed by atoms with van der Waals surface area (Å²) in [5.41, 5.74) is 17.8. The zero-order valence-corrected chi connectivity index (χ0v) is 31.4. The molecule has 0 saturated heterocycles. The van der Waals surface area contributed by atoms with Gasteiger partial charge in [0, 0.05) is 28.2 Å². The number of para-hydroxylation sites is 1. The third-order valence-electron chi connectivity index (χ3n) is 12.3. The molecule has 4 aliphatic rings. The van der Waals surface area contributed by atoms with Gasteiger partial charge in [0.25, 0.3) is 0 Å². The maximum Gasteiger partial charge on any atom is 0.177 e. The molecule has 3 aliphatic carbocycles. The maximum atomic E-state index is 6.45. The van der Waals surface area contributed by atoms with Crippen molar-refractivity contribution in [3.8, 4) is 22.3 Å². The molecule has 2 heterocycles. The lowest BCUT2D eigenvalue weighted by Crippen LogP contribution is -2.38. The first-order valence-electron chi connectivity index (χ1n) is 19.7. The zero-order chi connectivity index (χ0) is 37.4. The van der Waals surface area contributed by atoms with Crippen molar-refractivity contribution in [3.05, 3.63) is 226 Å². The minimum atomic E-state index is -0.215. The number of rotatable bonds is 5. The van der Waals surface area contributed by atoms with E-state index in [-0.39, 0.29) is 11.6 Å². The van der Waals surface area contributed by atoms with Crippen molar-refractivity contribution in [1.82, 2.24) is 5.32 Å². The Hall–Kier alpha value is -6.71. The summed E-state index contributed by atoms with van der Waals surface area (Å²) in [6.45, 7) is 4.81. The molecule has 56 heavy (non-hydrogen) atoms. The molecule has 6 aromatic carbocycles. The van der Waals surface area contributed by atoms with Gasteiger partial charge in [-0.3, -0.25) is 4.99 Å². The molecule has 0 saturated carbocycles. The first-order valence-corrected chi connectivity index (χ1v) is 19.7. The van der Waals surface area contributed by atoms with Crippen LogP contribution in [0.4, 0.5) is 0 Å². The smallest absolute Gasteiger partial charge is 0.177 e. The standard InChI is InChI=1S/C53H40N2O/c1-53(2)44-31-39(28-29-42(44)48-45(53)32-40-18-9-10-21-41(40)47(48)34-14-5-3-6-15-34)38-20-13-19-37(30-38)33-24-26-35(27-25-33)49-51-50(43-22-11-12-23-46(43)56-51)55-52(54-49)36-16-7-4-8-17-36/h3-32,40-41,52,54H,1-2H3. The predicted octanol–water partition coefficient (Wildman–Crippen LogP) is 11.3. The highest BCUT2D eigenvalue weighted by Gasteiger charge is 2.44. The Morgan fingerprint density at radius 3 is 2.09 bits per heavy atom. The van der Waals surface area contributed by atoms with Crippen LogP contribution >= 0.6 is 0 Å². The monoisotopic (exact) mass is 720 g/mol. The van der Waals surface area contributed by atoms with Crippen LogP contribution in [0.1, 0.15) is 47.8 Å². The van der Waals surface area contributed by atoms with Crippen molar-refractivity contribution in [2.45, 2.75) is 25.4 Å². The number of allylic oxidation sites excluding steroid dienone is 8. The number of fused-ring (bicyclic) bond motifs is 7. The van der Waals surface area contributed by atoms with E-state index < -0.39 is 0 Å². The first kappa shape index (κ1) is 32.7. The molecule has 0 bridgehead atoms. The van der Waals surface area contributed by atoms with Crippen LogP contribution in [0.3, 0.4) is 0 Å². The molecule has 1 N–H and O–H groups in total. The number of furan rings is 1. The van der Waals surface area contributed by atoms with Crippen LogP contribution in [0.5, 0.6) is 0 Å². The SMILES string of the molecule is CC1(C)C2=CC3C=CC=CC3C(c3ccccc3)=C2c2ccc(-c3cccc(-c4ccc(C5=c6oc7ccccc7c6=NC(c6ccccc6)N5)cc4)c3)cc21. The van der Waals surface area contributed by atoms with E-state index in [1.165, 1.54) is 55.7 Å². The highest BCUT2D eigenvalue weighted by Crippen LogP contribution is 2.58. The van der Waals surface area contributed by atoms with Gasteiger partial charge in [-0.1, -0.05) is 172 Å². The molecule has 3 heteroatoms. The lowest BCUT2D eigenvalue weighted by molar-refractivity contribution is 0.535. The Kier molecular flexibility index (Phi) is 7.40. The van der Waals surface area contributed by atoms with Crippen LogP contribution in [-0.4, -0.2) is 0 Å². The number of hydrogen-bond donors (Lipinski definition) is 1. The molecule has 3 nitrogen and oxygen atoms in total. The number of hydrogen-bond acceptors (Lipinski definition) is 3.